The normalized spacial score (nSPS) is 22.9. The lowest BCUT2D eigenvalue weighted by Gasteiger charge is -2.40. The number of hydrogen-bond donors (Lipinski definition) is 0. The molecule has 0 radical (unpaired) electrons. The average molecular weight is 329 g/mol. The van der Waals surface area contributed by atoms with Crippen LogP contribution in [0.4, 0.5) is 4.79 Å². The zero-order valence-corrected chi connectivity index (χ0v) is 14.0. The second-order valence-electron chi connectivity index (χ2n) is 6.21. The van der Waals surface area contributed by atoms with Gasteiger partial charge in [0.25, 0.3) is 0 Å². The summed E-state index contributed by atoms with van der Waals surface area (Å²) in [5, 5.41) is 8.80. The first-order valence-corrected chi connectivity index (χ1v) is 8.51. The van der Waals surface area contributed by atoms with Crippen LogP contribution in [0.1, 0.15) is 25.3 Å². The van der Waals surface area contributed by atoms with Crippen molar-refractivity contribution in [1.82, 2.24) is 9.80 Å². The zero-order chi connectivity index (χ0) is 16.9. The number of likely N-dealkylation sites (tertiary alicyclic amines) is 1. The summed E-state index contributed by atoms with van der Waals surface area (Å²) in [6.07, 6.45) is 2.05. The number of fused-ring (bicyclic) bond motifs is 2. The van der Waals surface area contributed by atoms with Gasteiger partial charge in [-0.3, -0.25) is 4.90 Å². The molecule has 0 N–H and O–H groups in total. The first kappa shape index (κ1) is 16.6. The summed E-state index contributed by atoms with van der Waals surface area (Å²) in [4.78, 5) is 16.2. The van der Waals surface area contributed by atoms with E-state index in [1.165, 1.54) is 0 Å². The summed E-state index contributed by atoms with van der Waals surface area (Å²) < 4.78 is 10.9. The van der Waals surface area contributed by atoms with Crippen molar-refractivity contribution in [3.8, 4) is 11.8 Å². The summed E-state index contributed by atoms with van der Waals surface area (Å²) >= 11 is 0. The van der Waals surface area contributed by atoms with E-state index < -0.39 is 0 Å². The Hall–Kier alpha value is -2.26. The Labute approximate surface area is 142 Å². The first-order chi connectivity index (χ1) is 11.7. The molecule has 1 amide bonds. The monoisotopic (exact) mass is 329 g/mol. The minimum atomic E-state index is -0.192. The van der Waals surface area contributed by atoms with Crippen molar-refractivity contribution < 1.29 is 14.3 Å². The lowest BCUT2D eigenvalue weighted by atomic mass is 10.2. The van der Waals surface area contributed by atoms with Gasteiger partial charge in [0.2, 0.25) is 0 Å². The fraction of sp³-hybridized carbons (Fsp3) is 0.556. The van der Waals surface area contributed by atoms with E-state index in [4.69, 9.17) is 14.7 Å². The Balaban J connectivity index is 1.48. The number of benzene rings is 1. The average Bonchev–Trinajstić information content (AvgIpc) is 2.83. The number of nitriles is 1. The first-order valence-electron chi connectivity index (χ1n) is 8.51. The van der Waals surface area contributed by atoms with E-state index in [0.29, 0.717) is 30.9 Å². The number of hydrogen-bond acceptors (Lipinski definition) is 5. The van der Waals surface area contributed by atoms with Gasteiger partial charge in [-0.25, -0.2) is 4.79 Å². The third kappa shape index (κ3) is 3.62. The number of carbonyl (C=O) groups excluding carboxylic acids is 1. The van der Waals surface area contributed by atoms with Crippen molar-refractivity contribution in [2.75, 3.05) is 32.8 Å². The van der Waals surface area contributed by atoms with Crippen LogP contribution in [0, 0.1) is 11.3 Å². The molecule has 2 aliphatic rings. The lowest BCUT2D eigenvalue weighted by molar-refractivity contribution is 0.0417. The summed E-state index contributed by atoms with van der Waals surface area (Å²) in [5.41, 5.74) is 0.635. The van der Waals surface area contributed by atoms with Gasteiger partial charge in [0.05, 0.1) is 18.2 Å². The van der Waals surface area contributed by atoms with Crippen molar-refractivity contribution in [1.29, 1.82) is 5.26 Å². The Bertz CT molecular complexity index is 597. The Kier molecular flexibility index (Phi) is 5.21. The van der Waals surface area contributed by atoms with E-state index in [2.05, 4.69) is 11.0 Å². The Morgan fingerprint density at radius 1 is 1.25 bits per heavy atom. The molecule has 2 atom stereocenters. The van der Waals surface area contributed by atoms with E-state index in [0.717, 1.165) is 38.2 Å². The molecule has 24 heavy (non-hydrogen) atoms. The fourth-order valence-corrected chi connectivity index (χ4v) is 3.61. The maximum atomic E-state index is 11.9. The molecule has 6 heteroatoms. The number of amides is 1. The van der Waals surface area contributed by atoms with Gasteiger partial charge >= 0.3 is 6.09 Å². The molecule has 2 aliphatic heterocycles. The molecule has 0 aromatic heterocycles. The predicted molar refractivity (Wildman–Crippen MR) is 88.8 cm³/mol. The number of nitrogens with zero attached hydrogens (tertiary/aromatic N) is 3. The smallest absolute Gasteiger partial charge is 0.409 e. The fourth-order valence-electron chi connectivity index (χ4n) is 3.61. The Morgan fingerprint density at radius 3 is 2.50 bits per heavy atom. The largest absolute Gasteiger partial charge is 0.492 e. The summed E-state index contributed by atoms with van der Waals surface area (Å²) in [6.45, 7) is 5.21. The highest BCUT2D eigenvalue weighted by atomic mass is 16.6. The van der Waals surface area contributed by atoms with Gasteiger partial charge in [-0.15, -0.1) is 0 Å². The Morgan fingerprint density at radius 2 is 1.92 bits per heavy atom. The van der Waals surface area contributed by atoms with Gasteiger partial charge in [0.15, 0.2) is 0 Å². The molecule has 6 nitrogen and oxygen atoms in total. The van der Waals surface area contributed by atoms with Crippen molar-refractivity contribution in [2.45, 2.75) is 31.8 Å². The third-order valence-electron chi connectivity index (χ3n) is 4.76. The van der Waals surface area contributed by atoms with Crippen molar-refractivity contribution in [3.63, 3.8) is 0 Å². The molecule has 2 unspecified atom stereocenters. The van der Waals surface area contributed by atoms with Gasteiger partial charge in [0.1, 0.15) is 12.4 Å². The van der Waals surface area contributed by atoms with Crippen molar-refractivity contribution in [3.05, 3.63) is 29.8 Å². The molecular formula is C18H23N3O3. The molecule has 2 fully saturated rings. The van der Waals surface area contributed by atoms with Crippen LogP contribution in [0.5, 0.6) is 5.75 Å². The van der Waals surface area contributed by atoms with E-state index in [9.17, 15) is 4.79 Å². The molecule has 0 saturated carbocycles. The minimum Gasteiger partial charge on any atom is -0.492 e. The van der Waals surface area contributed by atoms with Crippen LogP contribution in [0.3, 0.4) is 0 Å². The van der Waals surface area contributed by atoms with Crippen LogP contribution in [0.2, 0.25) is 0 Å². The molecule has 128 valence electrons. The second-order valence-corrected chi connectivity index (χ2v) is 6.21. The standard InChI is InChI=1S/C18H23N3O3/c1-2-23-18(22)20-12-15-5-6-16(13-20)21(15)9-10-24-17-7-3-14(11-19)4-8-17/h3-4,7-8,15-16H,2,5-6,9-10,12-13H2,1H3. The van der Waals surface area contributed by atoms with E-state index >= 15 is 0 Å². The lowest BCUT2D eigenvalue weighted by Crippen LogP contribution is -2.56. The van der Waals surface area contributed by atoms with Crippen LogP contribution < -0.4 is 4.74 Å². The molecule has 2 heterocycles. The second kappa shape index (κ2) is 7.54. The van der Waals surface area contributed by atoms with E-state index in [-0.39, 0.29) is 6.09 Å². The van der Waals surface area contributed by atoms with Gasteiger partial charge < -0.3 is 14.4 Å². The van der Waals surface area contributed by atoms with E-state index in [1.54, 1.807) is 12.1 Å². The van der Waals surface area contributed by atoms with E-state index in [1.807, 2.05) is 24.0 Å². The molecule has 2 saturated heterocycles. The highest BCUT2D eigenvalue weighted by Gasteiger charge is 2.41. The van der Waals surface area contributed by atoms with Crippen LogP contribution in [-0.2, 0) is 4.74 Å². The maximum absolute atomic E-state index is 11.9. The molecule has 2 bridgehead atoms. The summed E-state index contributed by atoms with van der Waals surface area (Å²) in [5.74, 6) is 0.784. The quantitative estimate of drug-likeness (QED) is 0.829. The zero-order valence-electron chi connectivity index (χ0n) is 14.0. The molecule has 1 aromatic rings. The molecule has 3 rings (SSSR count). The van der Waals surface area contributed by atoms with Crippen LogP contribution in [0.15, 0.2) is 24.3 Å². The van der Waals surface area contributed by atoms with Crippen molar-refractivity contribution >= 4 is 6.09 Å². The summed E-state index contributed by atoms with van der Waals surface area (Å²) in [7, 11) is 0. The van der Waals surface area contributed by atoms with Crippen LogP contribution >= 0.6 is 0 Å². The van der Waals surface area contributed by atoms with Gasteiger partial charge in [0, 0.05) is 31.7 Å². The number of rotatable bonds is 5. The molecule has 1 aromatic carbocycles. The highest BCUT2D eigenvalue weighted by Crippen LogP contribution is 2.30. The maximum Gasteiger partial charge on any atom is 0.409 e. The molecule has 0 aliphatic carbocycles. The minimum absolute atomic E-state index is 0.192. The predicted octanol–water partition coefficient (Wildman–Crippen LogP) is 2.24. The van der Waals surface area contributed by atoms with Crippen LogP contribution in [0.25, 0.3) is 0 Å². The topological polar surface area (TPSA) is 65.8 Å². The highest BCUT2D eigenvalue weighted by molar-refractivity contribution is 5.68. The third-order valence-corrected chi connectivity index (χ3v) is 4.76. The van der Waals surface area contributed by atoms with Gasteiger partial charge in [-0.05, 0) is 44.0 Å². The van der Waals surface area contributed by atoms with Crippen LogP contribution in [-0.4, -0.2) is 60.8 Å². The number of carbonyl (C=O) groups is 1. The summed E-state index contributed by atoms with van der Waals surface area (Å²) in [6, 6.07) is 10.1. The van der Waals surface area contributed by atoms with Crippen molar-refractivity contribution in [2.24, 2.45) is 0 Å². The van der Waals surface area contributed by atoms with Gasteiger partial charge in [-0.1, -0.05) is 0 Å². The molecular weight excluding hydrogens is 306 g/mol. The SMILES string of the molecule is CCOC(=O)N1CC2CCC(C1)N2CCOc1ccc(C#N)cc1. The number of piperazine rings is 1. The number of ether oxygens (including phenoxy) is 2. The molecule has 0 spiro atoms. The van der Waals surface area contributed by atoms with Gasteiger partial charge in [-0.2, -0.15) is 5.26 Å².